The molecule has 0 aromatic heterocycles. The molecule has 1 unspecified atom stereocenters. The van der Waals surface area contributed by atoms with Crippen molar-refractivity contribution in [3.63, 3.8) is 0 Å². The summed E-state index contributed by atoms with van der Waals surface area (Å²) in [6.45, 7) is 1.64. The van der Waals surface area contributed by atoms with Gasteiger partial charge in [0.1, 0.15) is 17.2 Å². The molecule has 1 atom stereocenters. The number of phenols is 2. The number of fused-ring (bicyclic) bond motifs is 2. The lowest BCUT2D eigenvalue weighted by atomic mass is 9.82. The number of ketones is 1. The van der Waals surface area contributed by atoms with Gasteiger partial charge in [-0.05, 0) is 19.1 Å². The molecule has 1 aromatic rings. The van der Waals surface area contributed by atoms with Crippen molar-refractivity contribution in [1.82, 2.24) is 0 Å². The largest absolute Gasteiger partial charge is 0.507 e. The SMILES string of the molecule is COC(=O)C12SC(C)=NC1=C(OC)c1c(O)ccc(O)c1C2=O. The second-order valence-electron chi connectivity index (χ2n) is 4.97. The fourth-order valence-corrected chi connectivity index (χ4v) is 3.98. The number of benzene rings is 1. The van der Waals surface area contributed by atoms with E-state index in [9.17, 15) is 19.8 Å². The molecule has 8 heteroatoms. The standard InChI is InChI=1S/C15H13NO6S/c1-6-16-12-11(21-2)9-7(17)4-5-8(18)10(9)13(19)15(12,23-6)14(20)22-3/h4-5,17-18H,1-3H3. The predicted octanol–water partition coefficient (Wildman–Crippen LogP) is 1.69. The first-order chi connectivity index (χ1) is 10.9. The normalized spacial score (nSPS) is 22.4. The summed E-state index contributed by atoms with van der Waals surface area (Å²) in [5.74, 6) is -2.06. The van der Waals surface area contributed by atoms with Crippen molar-refractivity contribution in [3.8, 4) is 11.5 Å². The van der Waals surface area contributed by atoms with Crippen molar-refractivity contribution in [2.45, 2.75) is 11.7 Å². The van der Waals surface area contributed by atoms with Gasteiger partial charge < -0.3 is 19.7 Å². The third-order valence-electron chi connectivity index (χ3n) is 3.73. The molecule has 0 radical (unpaired) electrons. The van der Waals surface area contributed by atoms with Gasteiger partial charge in [-0.3, -0.25) is 4.79 Å². The van der Waals surface area contributed by atoms with E-state index in [0.717, 1.165) is 11.8 Å². The number of carbonyl (C=O) groups excluding carboxylic acids is 2. The van der Waals surface area contributed by atoms with Crippen molar-refractivity contribution in [1.29, 1.82) is 0 Å². The van der Waals surface area contributed by atoms with Crippen molar-refractivity contribution in [3.05, 3.63) is 29.0 Å². The number of nitrogens with zero attached hydrogens (tertiary/aromatic N) is 1. The van der Waals surface area contributed by atoms with Crippen LogP contribution >= 0.6 is 11.8 Å². The van der Waals surface area contributed by atoms with Crippen LogP contribution in [-0.4, -0.2) is 46.0 Å². The average molecular weight is 335 g/mol. The summed E-state index contributed by atoms with van der Waals surface area (Å²) < 4.78 is 8.34. The Morgan fingerprint density at radius 1 is 1.22 bits per heavy atom. The number of phenolic OH excluding ortho intramolecular Hbond substituents is 2. The fraction of sp³-hybridized carbons (Fsp3) is 0.267. The lowest BCUT2D eigenvalue weighted by molar-refractivity contribution is -0.141. The third kappa shape index (κ3) is 1.81. The first-order valence-corrected chi connectivity index (χ1v) is 7.41. The van der Waals surface area contributed by atoms with Gasteiger partial charge >= 0.3 is 5.97 Å². The van der Waals surface area contributed by atoms with Crippen LogP contribution in [0.2, 0.25) is 0 Å². The van der Waals surface area contributed by atoms with Gasteiger partial charge in [0.25, 0.3) is 0 Å². The maximum Gasteiger partial charge on any atom is 0.336 e. The highest BCUT2D eigenvalue weighted by Crippen LogP contribution is 2.54. The Morgan fingerprint density at radius 3 is 2.39 bits per heavy atom. The monoisotopic (exact) mass is 335 g/mol. The van der Waals surface area contributed by atoms with Crippen molar-refractivity contribution in [2.75, 3.05) is 14.2 Å². The van der Waals surface area contributed by atoms with E-state index in [1.54, 1.807) is 6.92 Å². The minimum atomic E-state index is -1.78. The second-order valence-corrected chi connectivity index (χ2v) is 6.38. The van der Waals surface area contributed by atoms with Gasteiger partial charge in [0.05, 0.1) is 30.4 Å². The Bertz CT molecular complexity index is 812. The van der Waals surface area contributed by atoms with Crippen molar-refractivity contribution >= 4 is 34.3 Å². The maximum atomic E-state index is 13.0. The summed E-state index contributed by atoms with van der Waals surface area (Å²) in [4.78, 5) is 29.7. The quantitative estimate of drug-likeness (QED) is 0.481. The minimum absolute atomic E-state index is 0.0195. The molecular weight excluding hydrogens is 322 g/mol. The van der Waals surface area contributed by atoms with E-state index in [1.807, 2.05) is 0 Å². The maximum absolute atomic E-state index is 13.0. The summed E-state index contributed by atoms with van der Waals surface area (Å²) >= 11 is 0.930. The van der Waals surface area contributed by atoms with Crippen LogP contribution in [0.1, 0.15) is 22.8 Å². The van der Waals surface area contributed by atoms with Gasteiger partial charge in [-0.2, -0.15) is 0 Å². The number of aliphatic imine (C=N–C) groups is 1. The molecular formula is C15H13NO6S. The van der Waals surface area contributed by atoms with E-state index in [2.05, 4.69) is 4.99 Å². The molecule has 120 valence electrons. The van der Waals surface area contributed by atoms with Crippen LogP contribution in [0, 0.1) is 0 Å². The smallest absolute Gasteiger partial charge is 0.336 e. The van der Waals surface area contributed by atoms with Crippen LogP contribution in [0.4, 0.5) is 0 Å². The molecule has 0 bridgehead atoms. The van der Waals surface area contributed by atoms with Gasteiger partial charge in [-0.25, -0.2) is 9.79 Å². The highest BCUT2D eigenvalue weighted by atomic mass is 32.2. The van der Waals surface area contributed by atoms with E-state index >= 15 is 0 Å². The molecule has 0 fully saturated rings. The molecule has 1 aliphatic heterocycles. The van der Waals surface area contributed by atoms with E-state index in [-0.39, 0.29) is 34.1 Å². The third-order valence-corrected chi connectivity index (χ3v) is 4.97. The zero-order valence-electron chi connectivity index (χ0n) is 12.5. The highest BCUT2D eigenvalue weighted by molar-refractivity contribution is 8.16. The average Bonchev–Trinajstić information content (AvgIpc) is 2.89. The Balaban J connectivity index is 2.45. The van der Waals surface area contributed by atoms with Gasteiger partial charge in [0.15, 0.2) is 5.76 Å². The summed E-state index contributed by atoms with van der Waals surface area (Å²) in [7, 11) is 2.50. The number of carbonyl (C=O) groups is 2. The Kier molecular flexibility index (Phi) is 3.36. The molecule has 7 nitrogen and oxygen atoms in total. The van der Waals surface area contributed by atoms with Crippen molar-refractivity contribution in [2.24, 2.45) is 4.99 Å². The molecule has 0 saturated heterocycles. The predicted molar refractivity (Wildman–Crippen MR) is 83.5 cm³/mol. The molecule has 0 saturated carbocycles. The van der Waals surface area contributed by atoms with Crippen LogP contribution < -0.4 is 0 Å². The number of ether oxygens (including phenoxy) is 2. The minimum Gasteiger partial charge on any atom is -0.507 e. The summed E-state index contributed by atoms with van der Waals surface area (Å²) in [5, 5.41) is 20.7. The van der Waals surface area contributed by atoms with Crippen molar-refractivity contribution < 1.29 is 29.3 Å². The van der Waals surface area contributed by atoms with E-state index in [4.69, 9.17) is 9.47 Å². The number of aromatic hydroxyl groups is 2. The van der Waals surface area contributed by atoms with Crippen LogP contribution in [-0.2, 0) is 14.3 Å². The molecule has 1 heterocycles. The number of esters is 1. The number of hydrogen-bond acceptors (Lipinski definition) is 8. The van der Waals surface area contributed by atoms with E-state index in [1.165, 1.54) is 26.4 Å². The van der Waals surface area contributed by atoms with E-state index < -0.39 is 16.5 Å². The molecule has 3 rings (SSSR count). The van der Waals surface area contributed by atoms with Gasteiger partial charge in [0, 0.05) is 0 Å². The Hall–Kier alpha value is -2.48. The van der Waals surface area contributed by atoms with Crippen LogP contribution in [0.15, 0.2) is 22.8 Å². The lowest BCUT2D eigenvalue weighted by Gasteiger charge is -2.31. The first kappa shape index (κ1) is 15.4. The van der Waals surface area contributed by atoms with E-state index in [0.29, 0.717) is 5.04 Å². The molecule has 2 aliphatic rings. The van der Waals surface area contributed by atoms with Crippen LogP contribution in [0.3, 0.4) is 0 Å². The highest BCUT2D eigenvalue weighted by Gasteiger charge is 2.61. The molecule has 23 heavy (non-hydrogen) atoms. The summed E-state index contributed by atoms with van der Waals surface area (Å²) in [6.07, 6.45) is 0. The van der Waals surface area contributed by atoms with Gasteiger partial charge in [-0.15, -0.1) is 0 Å². The zero-order valence-corrected chi connectivity index (χ0v) is 13.4. The number of hydrogen-bond donors (Lipinski definition) is 2. The number of methoxy groups -OCH3 is 2. The number of rotatable bonds is 2. The molecule has 1 aromatic carbocycles. The molecule has 1 aliphatic carbocycles. The Morgan fingerprint density at radius 2 is 1.83 bits per heavy atom. The second kappa shape index (κ2) is 5.02. The molecule has 2 N–H and O–H groups in total. The first-order valence-electron chi connectivity index (χ1n) is 6.60. The summed E-state index contributed by atoms with van der Waals surface area (Å²) in [6, 6.07) is 2.42. The van der Waals surface area contributed by atoms with Gasteiger partial charge in [0.2, 0.25) is 10.5 Å². The number of thioether (sulfide) groups is 1. The zero-order chi connectivity index (χ0) is 16.9. The molecule has 0 amide bonds. The van der Waals surface area contributed by atoms with Gasteiger partial charge in [-0.1, -0.05) is 11.8 Å². The fourth-order valence-electron chi connectivity index (χ4n) is 2.80. The van der Waals surface area contributed by atoms with Crippen LogP contribution in [0.5, 0.6) is 11.5 Å². The summed E-state index contributed by atoms with van der Waals surface area (Å²) in [5.41, 5.74) is -0.104. The lowest BCUT2D eigenvalue weighted by Crippen LogP contribution is -2.47. The van der Waals surface area contributed by atoms with Crippen LogP contribution in [0.25, 0.3) is 5.76 Å². The topological polar surface area (TPSA) is 105 Å². The Labute approximate surface area is 135 Å². The number of Topliss-reactive ketones (excluding diaryl/α,β-unsaturated/α-hetero) is 1. The molecule has 0 spiro atoms.